The molecule has 1 heteroatoms. The zero-order valence-electron chi connectivity index (χ0n) is 8.22. The zero-order chi connectivity index (χ0) is 9.97. The van der Waals surface area contributed by atoms with Crippen LogP contribution in [0.15, 0.2) is 42.5 Å². The van der Waals surface area contributed by atoms with Crippen molar-refractivity contribution in [2.45, 2.75) is 18.9 Å². The maximum Gasteiger partial charge on any atom is 0.0824 e. The average Bonchev–Trinajstić information content (AvgIpc) is 2.61. The topological polar surface area (TPSA) is 20.2 Å². The normalized spacial score (nSPS) is 21.4. The van der Waals surface area contributed by atoms with Gasteiger partial charge in [0, 0.05) is 5.92 Å². The highest BCUT2D eigenvalue weighted by Gasteiger charge is 2.21. The summed E-state index contributed by atoms with van der Waals surface area (Å²) in [5, 5.41) is 9.86. The Morgan fingerprint density at radius 1 is 1.36 bits per heavy atom. The number of fused-ring (bicyclic) bond motifs is 1. The third-order valence-electron chi connectivity index (χ3n) is 2.60. The van der Waals surface area contributed by atoms with Crippen LogP contribution >= 0.6 is 0 Å². The molecule has 2 atom stereocenters. The summed E-state index contributed by atoms with van der Waals surface area (Å²) in [5.74, 6) is 0.127. The fourth-order valence-electron chi connectivity index (χ4n) is 1.89. The van der Waals surface area contributed by atoms with Crippen LogP contribution in [0.25, 0.3) is 6.08 Å². The molecule has 0 spiro atoms. The molecule has 0 bridgehead atoms. The Kier molecular flexibility index (Phi) is 2.51. The van der Waals surface area contributed by atoms with Crippen molar-refractivity contribution in [1.82, 2.24) is 0 Å². The third kappa shape index (κ3) is 1.51. The van der Waals surface area contributed by atoms with E-state index in [-0.39, 0.29) is 5.92 Å². The van der Waals surface area contributed by atoms with Crippen molar-refractivity contribution in [3.8, 4) is 0 Å². The van der Waals surface area contributed by atoms with Gasteiger partial charge in [-0.1, -0.05) is 48.6 Å². The van der Waals surface area contributed by atoms with Gasteiger partial charge in [-0.25, -0.2) is 0 Å². The molecule has 14 heavy (non-hydrogen) atoms. The molecule has 0 amide bonds. The second-order valence-electron chi connectivity index (χ2n) is 3.53. The van der Waals surface area contributed by atoms with Gasteiger partial charge in [-0.15, -0.1) is 0 Å². The summed E-state index contributed by atoms with van der Waals surface area (Å²) >= 11 is 0. The van der Waals surface area contributed by atoms with Crippen molar-refractivity contribution in [2.75, 3.05) is 0 Å². The van der Waals surface area contributed by atoms with Crippen LogP contribution in [0.5, 0.6) is 0 Å². The lowest BCUT2D eigenvalue weighted by Crippen LogP contribution is -2.12. The van der Waals surface area contributed by atoms with Gasteiger partial charge in [0.2, 0.25) is 0 Å². The molecular weight excluding hydrogens is 172 g/mol. The number of aliphatic hydroxyl groups excluding tert-OH is 1. The molecule has 1 aliphatic rings. The van der Waals surface area contributed by atoms with E-state index in [4.69, 9.17) is 0 Å². The molecule has 1 aromatic rings. The van der Waals surface area contributed by atoms with Crippen LogP contribution in [0.1, 0.15) is 24.0 Å². The van der Waals surface area contributed by atoms with Gasteiger partial charge < -0.3 is 5.11 Å². The molecule has 1 nitrogen and oxygen atoms in total. The molecule has 0 aliphatic heterocycles. The lowest BCUT2D eigenvalue weighted by molar-refractivity contribution is 0.208. The highest BCUT2D eigenvalue weighted by Crippen LogP contribution is 2.32. The first kappa shape index (κ1) is 9.22. The first-order valence-corrected chi connectivity index (χ1v) is 4.91. The molecule has 2 rings (SSSR count). The largest absolute Gasteiger partial charge is 0.388 e. The van der Waals surface area contributed by atoms with Crippen molar-refractivity contribution in [2.24, 2.45) is 0 Å². The fraction of sp³-hybridized carbons (Fsp3) is 0.231. The molecule has 2 unspecified atom stereocenters. The molecule has 0 radical (unpaired) electrons. The van der Waals surface area contributed by atoms with E-state index >= 15 is 0 Å². The SMILES string of the molecule is C/C=C/C(O)C1C=Cc2ccccc21. The van der Waals surface area contributed by atoms with Gasteiger partial charge in [-0.2, -0.15) is 0 Å². The van der Waals surface area contributed by atoms with E-state index in [0.29, 0.717) is 0 Å². The summed E-state index contributed by atoms with van der Waals surface area (Å²) in [4.78, 5) is 0. The van der Waals surface area contributed by atoms with Crippen molar-refractivity contribution in [1.29, 1.82) is 0 Å². The summed E-state index contributed by atoms with van der Waals surface area (Å²) in [6, 6.07) is 8.19. The van der Waals surface area contributed by atoms with E-state index in [2.05, 4.69) is 24.3 Å². The van der Waals surface area contributed by atoms with Crippen molar-refractivity contribution >= 4 is 6.08 Å². The number of benzene rings is 1. The molecule has 0 aromatic heterocycles. The molecule has 1 aliphatic carbocycles. The Balaban J connectivity index is 2.30. The van der Waals surface area contributed by atoms with Gasteiger partial charge in [-0.3, -0.25) is 0 Å². The highest BCUT2D eigenvalue weighted by molar-refractivity contribution is 5.62. The smallest absolute Gasteiger partial charge is 0.0824 e. The molecule has 1 aromatic carbocycles. The quantitative estimate of drug-likeness (QED) is 0.704. The monoisotopic (exact) mass is 186 g/mol. The second-order valence-corrected chi connectivity index (χ2v) is 3.53. The Morgan fingerprint density at radius 3 is 2.93 bits per heavy atom. The number of hydrogen-bond donors (Lipinski definition) is 1. The second kappa shape index (κ2) is 3.81. The fourth-order valence-corrected chi connectivity index (χ4v) is 1.89. The van der Waals surface area contributed by atoms with Gasteiger partial charge in [0.1, 0.15) is 0 Å². The van der Waals surface area contributed by atoms with Crippen molar-refractivity contribution < 1.29 is 5.11 Å². The molecule has 0 heterocycles. The number of allylic oxidation sites excluding steroid dienone is 1. The first-order valence-electron chi connectivity index (χ1n) is 4.91. The predicted molar refractivity (Wildman–Crippen MR) is 59.0 cm³/mol. The van der Waals surface area contributed by atoms with Crippen LogP contribution in [0.2, 0.25) is 0 Å². The van der Waals surface area contributed by atoms with Gasteiger partial charge in [0.25, 0.3) is 0 Å². The van der Waals surface area contributed by atoms with E-state index in [9.17, 15) is 5.11 Å². The van der Waals surface area contributed by atoms with E-state index in [1.807, 2.05) is 31.2 Å². The van der Waals surface area contributed by atoms with Crippen LogP contribution in [-0.2, 0) is 0 Å². The lowest BCUT2D eigenvalue weighted by atomic mass is 9.95. The zero-order valence-corrected chi connectivity index (χ0v) is 8.22. The van der Waals surface area contributed by atoms with E-state index in [1.54, 1.807) is 0 Å². The Labute approximate surface area is 84.4 Å². The number of hydrogen-bond acceptors (Lipinski definition) is 1. The summed E-state index contributed by atoms with van der Waals surface area (Å²) < 4.78 is 0. The molecule has 1 N–H and O–H groups in total. The third-order valence-corrected chi connectivity index (χ3v) is 2.60. The van der Waals surface area contributed by atoms with E-state index in [1.165, 1.54) is 11.1 Å². The van der Waals surface area contributed by atoms with Crippen LogP contribution in [-0.4, -0.2) is 11.2 Å². The van der Waals surface area contributed by atoms with Gasteiger partial charge in [-0.05, 0) is 18.1 Å². The maximum atomic E-state index is 9.86. The minimum Gasteiger partial charge on any atom is -0.388 e. The van der Waals surface area contributed by atoms with Gasteiger partial charge in [0.15, 0.2) is 0 Å². The minimum absolute atomic E-state index is 0.127. The predicted octanol–water partition coefficient (Wildman–Crippen LogP) is 2.73. The molecule has 0 saturated carbocycles. The molecular formula is C13H14O. The summed E-state index contributed by atoms with van der Waals surface area (Å²) in [6.45, 7) is 1.92. The standard InChI is InChI=1S/C13H14O/c1-2-5-13(14)12-9-8-10-6-3-4-7-11(10)12/h2-9,12-14H,1H3/b5-2+. The van der Waals surface area contributed by atoms with E-state index in [0.717, 1.165) is 0 Å². The maximum absolute atomic E-state index is 9.86. The number of aliphatic hydroxyl groups is 1. The first-order chi connectivity index (χ1) is 6.83. The summed E-state index contributed by atoms with van der Waals surface area (Å²) in [6.07, 6.45) is 7.46. The highest BCUT2D eigenvalue weighted by atomic mass is 16.3. The number of rotatable bonds is 2. The van der Waals surface area contributed by atoms with E-state index < -0.39 is 6.10 Å². The Bertz CT molecular complexity index is 377. The minimum atomic E-state index is -0.403. The van der Waals surface area contributed by atoms with Crippen molar-refractivity contribution in [3.05, 3.63) is 53.6 Å². The van der Waals surface area contributed by atoms with Crippen molar-refractivity contribution in [3.63, 3.8) is 0 Å². The Hall–Kier alpha value is -1.34. The van der Waals surface area contributed by atoms with Crippen LogP contribution < -0.4 is 0 Å². The molecule has 72 valence electrons. The van der Waals surface area contributed by atoms with Crippen LogP contribution in [0.3, 0.4) is 0 Å². The lowest BCUT2D eigenvalue weighted by Gasteiger charge is -2.14. The molecule has 0 saturated heterocycles. The average molecular weight is 186 g/mol. The Morgan fingerprint density at radius 2 is 2.14 bits per heavy atom. The van der Waals surface area contributed by atoms with Crippen LogP contribution in [0, 0.1) is 0 Å². The summed E-state index contributed by atoms with van der Waals surface area (Å²) in [5.41, 5.74) is 2.44. The van der Waals surface area contributed by atoms with Gasteiger partial charge in [0.05, 0.1) is 6.10 Å². The van der Waals surface area contributed by atoms with Crippen LogP contribution in [0.4, 0.5) is 0 Å². The summed E-state index contributed by atoms with van der Waals surface area (Å²) in [7, 11) is 0. The van der Waals surface area contributed by atoms with Gasteiger partial charge >= 0.3 is 0 Å². The molecule has 0 fully saturated rings.